The van der Waals surface area contributed by atoms with Crippen molar-refractivity contribution in [1.82, 2.24) is 15.5 Å². The molecule has 0 bridgehead atoms. The summed E-state index contributed by atoms with van der Waals surface area (Å²) in [5, 5.41) is 6.62. The quantitative estimate of drug-likeness (QED) is 0.567. The van der Waals surface area contributed by atoms with Crippen LogP contribution in [0.1, 0.15) is 32.6 Å². The van der Waals surface area contributed by atoms with E-state index in [0.717, 1.165) is 18.3 Å². The molecular weight excluding hydrogens is 280 g/mol. The Hall–Kier alpha value is -1.53. The Kier molecular flexibility index (Phi) is 7.41. The molecule has 0 fully saturated rings. The van der Waals surface area contributed by atoms with Crippen LogP contribution >= 0.6 is 0 Å². The minimum absolute atomic E-state index is 0.147. The standard InChI is InChI=1S/C16H30N4O2/c1-7-17-15(19-12-16(2,3)21-6)18-11-13(20(4)5)14-9-8-10-22-14/h8-10,13H,7,11-12H2,1-6H3,(H2,17,18,19). The first-order valence-corrected chi connectivity index (χ1v) is 7.66. The zero-order valence-corrected chi connectivity index (χ0v) is 14.6. The molecule has 1 heterocycles. The van der Waals surface area contributed by atoms with Crippen molar-refractivity contribution in [2.24, 2.45) is 4.99 Å². The molecule has 0 spiro atoms. The van der Waals surface area contributed by atoms with Crippen LogP contribution in [0.4, 0.5) is 0 Å². The lowest BCUT2D eigenvalue weighted by Crippen LogP contribution is -2.42. The van der Waals surface area contributed by atoms with Gasteiger partial charge >= 0.3 is 0 Å². The molecule has 0 aromatic carbocycles. The number of hydrogen-bond acceptors (Lipinski definition) is 4. The summed E-state index contributed by atoms with van der Waals surface area (Å²) in [6, 6.07) is 4.05. The van der Waals surface area contributed by atoms with Gasteiger partial charge in [-0.2, -0.15) is 0 Å². The molecule has 0 radical (unpaired) electrons. The van der Waals surface area contributed by atoms with Crippen LogP contribution in [0, 0.1) is 0 Å². The topological polar surface area (TPSA) is 62.0 Å². The molecule has 1 rings (SSSR count). The molecule has 6 heteroatoms. The van der Waals surface area contributed by atoms with E-state index >= 15 is 0 Å². The molecule has 0 aliphatic carbocycles. The molecule has 1 aromatic heterocycles. The number of rotatable bonds is 8. The van der Waals surface area contributed by atoms with Gasteiger partial charge in [-0.25, -0.2) is 0 Å². The van der Waals surface area contributed by atoms with Crippen LogP contribution in [0.15, 0.2) is 27.8 Å². The minimum atomic E-state index is -0.273. The molecule has 1 aromatic rings. The van der Waals surface area contributed by atoms with Crippen molar-refractivity contribution in [2.45, 2.75) is 32.4 Å². The number of methoxy groups -OCH3 is 1. The Morgan fingerprint density at radius 1 is 1.41 bits per heavy atom. The van der Waals surface area contributed by atoms with Gasteiger partial charge in [-0.05, 0) is 47.0 Å². The molecular formula is C16H30N4O2. The molecule has 0 aliphatic rings. The van der Waals surface area contributed by atoms with E-state index in [4.69, 9.17) is 9.15 Å². The summed E-state index contributed by atoms with van der Waals surface area (Å²) in [6.07, 6.45) is 1.70. The summed E-state index contributed by atoms with van der Waals surface area (Å²) in [4.78, 5) is 6.71. The van der Waals surface area contributed by atoms with Crippen molar-refractivity contribution in [3.8, 4) is 0 Å². The van der Waals surface area contributed by atoms with Crippen LogP contribution in [-0.4, -0.2) is 57.3 Å². The van der Waals surface area contributed by atoms with Crippen LogP contribution in [0.5, 0.6) is 0 Å². The van der Waals surface area contributed by atoms with Gasteiger partial charge < -0.3 is 19.8 Å². The van der Waals surface area contributed by atoms with Crippen LogP contribution in [0.25, 0.3) is 0 Å². The van der Waals surface area contributed by atoms with Crippen LogP contribution < -0.4 is 10.6 Å². The molecule has 0 saturated carbocycles. The lowest BCUT2D eigenvalue weighted by atomic mass is 10.1. The van der Waals surface area contributed by atoms with Crippen molar-refractivity contribution >= 4 is 5.96 Å². The number of ether oxygens (including phenoxy) is 1. The summed E-state index contributed by atoms with van der Waals surface area (Å²) in [5.41, 5.74) is -0.273. The second kappa shape index (κ2) is 8.80. The van der Waals surface area contributed by atoms with Gasteiger partial charge in [0.1, 0.15) is 5.76 Å². The molecule has 6 nitrogen and oxygen atoms in total. The monoisotopic (exact) mass is 310 g/mol. The fourth-order valence-corrected chi connectivity index (χ4v) is 1.89. The van der Waals surface area contributed by atoms with Crippen molar-refractivity contribution in [2.75, 3.05) is 40.8 Å². The van der Waals surface area contributed by atoms with E-state index in [0.29, 0.717) is 13.1 Å². The largest absolute Gasteiger partial charge is 0.468 e. The van der Waals surface area contributed by atoms with Crippen molar-refractivity contribution in [1.29, 1.82) is 0 Å². The lowest BCUT2D eigenvalue weighted by molar-refractivity contribution is 0.0310. The van der Waals surface area contributed by atoms with E-state index in [-0.39, 0.29) is 11.6 Å². The number of furan rings is 1. The molecule has 2 N–H and O–H groups in total. The molecule has 22 heavy (non-hydrogen) atoms. The SMILES string of the molecule is CCNC(=NCC(C)(C)OC)NCC(c1ccco1)N(C)C. The van der Waals surface area contributed by atoms with E-state index in [1.807, 2.05) is 40.1 Å². The van der Waals surface area contributed by atoms with Gasteiger partial charge in [-0.1, -0.05) is 0 Å². The highest BCUT2D eigenvalue weighted by Crippen LogP contribution is 2.17. The Balaban J connectivity index is 2.68. The number of hydrogen-bond donors (Lipinski definition) is 2. The highest BCUT2D eigenvalue weighted by Gasteiger charge is 2.18. The van der Waals surface area contributed by atoms with Crippen molar-refractivity contribution < 1.29 is 9.15 Å². The van der Waals surface area contributed by atoms with E-state index in [2.05, 4.69) is 27.4 Å². The third-order valence-corrected chi connectivity index (χ3v) is 3.47. The second-order valence-corrected chi connectivity index (χ2v) is 6.03. The predicted molar refractivity (Wildman–Crippen MR) is 90.2 cm³/mol. The Bertz CT molecular complexity index is 441. The Morgan fingerprint density at radius 2 is 2.14 bits per heavy atom. The first-order chi connectivity index (χ1) is 10.4. The van der Waals surface area contributed by atoms with Gasteiger partial charge in [0.2, 0.25) is 0 Å². The third kappa shape index (κ3) is 6.07. The molecule has 0 aliphatic heterocycles. The zero-order chi connectivity index (χ0) is 16.6. The predicted octanol–water partition coefficient (Wildman–Crippen LogP) is 1.86. The van der Waals surface area contributed by atoms with Gasteiger partial charge in [0, 0.05) is 20.2 Å². The van der Waals surface area contributed by atoms with Crippen LogP contribution in [0.2, 0.25) is 0 Å². The van der Waals surface area contributed by atoms with Crippen molar-refractivity contribution in [3.05, 3.63) is 24.2 Å². The van der Waals surface area contributed by atoms with E-state index in [1.54, 1.807) is 13.4 Å². The van der Waals surface area contributed by atoms with Gasteiger partial charge in [0.25, 0.3) is 0 Å². The van der Waals surface area contributed by atoms with Crippen molar-refractivity contribution in [3.63, 3.8) is 0 Å². The van der Waals surface area contributed by atoms with E-state index < -0.39 is 0 Å². The average Bonchev–Trinajstić information content (AvgIpc) is 2.98. The first-order valence-electron chi connectivity index (χ1n) is 7.66. The molecule has 0 saturated heterocycles. The van der Waals surface area contributed by atoms with E-state index in [1.165, 1.54) is 0 Å². The Morgan fingerprint density at radius 3 is 2.64 bits per heavy atom. The zero-order valence-electron chi connectivity index (χ0n) is 14.6. The Labute approximate surface area is 133 Å². The summed E-state index contributed by atoms with van der Waals surface area (Å²) in [6.45, 7) is 8.20. The average molecular weight is 310 g/mol. The maximum absolute atomic E-state index is 5.52. The molecule has 1 unspecified atom stereocenters. The highest BCUT2D eigenvalue weighted by molar-refractivity contribution is 5.79. The summed E-state index contributed by atoms with van der Waals surface area (Å²) in [7, 11) is 5.77. The van der Waals surface area contributed by atoms with Crippen LogP contribution in [0.3, 0.4) is 0 Å². The minimum Gasteiger partial charge on any atom is -0.468 e. The third-order valence-electron chi connectivity index (χ3n) is 3.47. The molecule has 1 atom stereocenters. The van der Waals surface area contributed by atoms with Gasteiger partial charge in [0.15, 0.2) is 5.96 Å². The maximum Gasteiger partial charge on any atom is 0.191 e. The number of nitrogens with one attached hydrogen (secondary N) is 2. The number of likely N-dealkylation sites (N-methyl/N-ethyl adjacent to an activating group) is 1. The fourth-order valence-electron chi connectivity index (χ4n) is 1.89. The van der Waals surface area contributed by atoms with Gasteiger partial charge in [-0.3, -0.25) is 9.89 Å². The summed E-state index contributed by atoms with van der Waals surface area (Å²) < 4.78 is 10.9. The number of aliphatic imine (C=N–C) groups is 1. The van der Waals surface area contributed by atoms with Gasteiger partial charge in [-0.15, -0.1) is 0 Å². The molecule has 126 valence electrons. The van der Waals surface area contributed by atoms with Crippen LogP contribution in [-0.2, 0) is 4.74 Å². The fraction of sp³-hybridized carbons (Fsp3) is 0.688. The summed E-state index contributed by atoms with van der Waals surface area (Å²) >= 11 is 0. The molecule has 0 amide bonds. The maximum atomic E-state index is 5.52. The van der Waals surface area contributed by atoms with Gasteiger partial charge in [0.05, 0.1) is 24.5 Å². The second-order valence-electron chi connectivity index (χ2n) is 6.03. The first kappa shape index (κ1) is 18.5. The highest BCUT2D eigenvalue weighted by atomic mass is 16.5. The number of guanidine groups is 1. The lowest BCUT2D eigenvalue weighted by Gasteiger charge is -2.25. The normalized spacial score (nSPS) is 14.2. The smallest absolute Gasteiger partial charge is 0.191 e. The summed E-state index contributed by atoms with van der Waals surface area (Å²) in [5.74, 6) is 1.72. The van der Waals surface area contributed by atoms with E-state index in [9.17, 15) is 0 Å². The number of nitrogens with zero attached hydrogens (tertiary/aromatic N) is 2.